The number of likely N-dealkylation sites (tertiary alicyclic amines) is 1. The number of para-hydroxylation sites is 1. The van der Waals surface area contributed by atoms with Crippen molar-refractivity contribution in [3.8, 4) is 5.69 Å². The van der Waals surface area contributed by atoms with E-state index in [0.717, 1.165) is 27.2 Å². The number of halogens is 1. The Labute approximate surface area is 190 Å². The number of benzene rings is 2. The summed E-state index contributed by atoms with van der Waals surface area (Å²) in [4.78, 5) is 27.7. The number of carbonyl (C=O) groups excluding carboxylic acids is 2. The topological polar surface area (TPSA) is 67.2 Å². The Hall–Kier alpha value is -2.93. The predicted octanol–water partition coefficient (Wildman–Crippen LogP) is 4.74. The zero-order chi connectivity index (χ0) is 22.0. The van der Waals surface area contributed by atoms with Crippen molar-refractivity contribution in [2.75, 3.05) is 18.4 Å². The van der Waals surface area contributed by atoms with E-state index in [-0.39, 0.29) is 17.7 Å². The molecule has 1 aliphatic heterocycles. The van der Waals surface area contributed by atoms with Gasteiger partial charge in [0.2, 0.25) is 5.91 Å². The summed E-state index contributed by atoms with van der Waals surface area (Å²) in [6.07, 6.45) is 1.31. The van der Waals surface area contributed by atoms with Gasteiger partial charge in [0, 0.05) is 29.2 Å². The number of aromatic nitrogens is 2. The number of nitrogens with zero attached hydrogens (tertiary/aromatic N) is 3. The lowest BCUT2D eigenvalue weighted by Crippen LogP contribution is -2.41. The van der Waals surface area contributed by atoms with Crippen LogP contribution >= 0.6 is 15.9 Å². The van der Waals surface area contributed by atoms with Gasteiger partial charge in [-0.2, -0.15) is 5.10 Å². The average Bonchev–Trinajstić information content (AvgIpc) is 3.08. The van der Waals surface area contributed by atoms with Gasteiger partial charge < -0.3 is 10.2 Å². The van der Waals surface area contributed by atoms with E-state index in [1.807, 2.05) is 78.0 Å². The van der Waals surface area contributed by atoms with Crippen LogP contribution in [-0.2, 0) is 4.79 Å². The summed E-state index contributed by atoms with van der Waals surface area (Å²) in [6, 6.07) is 17.3. The van der Waals surface area contributed by atoms with Gasteiger partial charge in [-0.05, 0) is 63.1 Å². The van der Waals surface area contributed by atoms with Crippen LogP contribution in [0.3, 0.4) is 0 Å². The second kappa shape index (κ2) is 9.06. The first-order valence-electron chi connectivity index (χ1n) is 10.4. The van der Waals surface area contributed by atoms with E-state index in [0.29, 0.717) is 31.5 Å². The minimum absolute atomic E-state index is 0.0136. The maximum absolute atomic E-state index is 13.3. The summed E-state index contributed by atoms with van der Waals surface area (Å²) in [5.41, 5.74) is 3.91. The zero-order valence-electron chi connectivity index (χ0n) is 17.6. The minimum Gasteiger partial charge on any atom is -0.338 e. The third-order valence-corrected chi connectivity index (χ3v) is 6.30. The molecule has 2 heterocycles. The second-order valence-electron chi connectivity index (χ2n) is 7.86. The molecule has 160 valence electrons. The van der Waals surface area contributed by atoms with E-state index in [4.69, 9.17) is 0 Å². The van der Waals surface area contributed by atoms with Crippen molar-refractivity contribution in [2.45, 2.75) is 26.7 Å². The third kappa shape index (κ3) is 4.56. The third-order valence-electron chi connectivity index (χ3n) is 5.77. The maximum Gasteiger partial charge on any atom is 0.257 e. The van der Waals surface area contributed by atoms with Gasteiger partial charge in [0.25, 0.3) is 5.91 Å². The molecule has 3 aromatic rings. The SMILES string of the molecule is Cc1nn(-c2ccc(Br)cc2)c(C)c1C(=O)N1CCC(C(=O)Nc2ccccc2)CC1. The van der Waals surface area contributed by atoms with Crippen LogP contribution in [0.25, 0.3) is 5.69 Å². The van der Waals surface area contributed by atoms with Gasteiger partial charge in [0.15, 0.2) is 0 Å². The van der Waals surface area contributed by atoms with Crippen molar-refractivity contribution in [3.05, 3.63) is 76.0 Å². The molecule has 2 amide bonds. The van der Waals surface area contributed by atoms with Crippen LogP contribution in [0.1, 0.15) is 34.6 Å². The number of hydrogen-bond acceptors (Lipinski definition) is 3. The summed E-state index contributed by atoms with van der Waals surface area (Å²) in [5, 5.41) is 7.58. The molecule has 1 N–H and O–H groups in total. The molecule has 6 nitrogen and oxygen atoms in total. The lowest BCUT2D eigenvalue weighted by atomic mass is 9.95. The molecule has 7 heteroatoms. The van der Waals surface area contributed by atoms with Gasteiger partial charge >= 0.3 is 0 Å². The number of nitrogens with one attached hydrogen (secondary N) is 1. The average molecular weight is 481 g/mol. The molecule has 0 atom stereocenters. The number of amides is 2. The monoisotopic (exact) mass is 480 g/mol. The summed E-state index contributed by atoms with van der Waals surface area (Å²) < 4.78 is 2.81. The van der Waals surface area contributed by atoms with Gasteiger partial charge in [-0.15, -0.1) is 0 Å². The number of piperidine rings is 1. The molecule has 0 radical (unpaired) electrons. The van der Waals surface area contributed by atoms with Crippen LogP contribution in [0.4, 0.5) is 5.69 Å². The molecular weight excluding hydrogens is 456 g/mol. The normalized spacial score (nSPS) is 14.5. The minimum atomic E-state index is -0.0862. The highest BCUT2D eigenvalue weighted by Crippen LogP contribution is 2.25. The Morgan fingerprint density at radius 1 is 1.00 bits per heavy atom. The zero-order valence-corrected chi connectivity index (χ0v) is 19.2. The fraction of sp³-hybridized carbons (Fsp3) is 0.292. The first-order chi connectivity index (χ1) is 14.9. The molecule has 0 unspecified atom stereocenters. The molecule has 2 aromatic carbocycles. The molecule has 1 aromatic heterocycles. The van der Waals surface area contributed by atoms with Crippen molar-refractivity contribution in [2.24, 2.45) is 5.92 Å². The Morgan fingerprint density at radius 2 is 1.65 bits per heavy atom. The van der Waals surface area contributed by atoms with E-state index in [2.05, 4.69) is 26.3 Å². The van der Waals surface area contributed by atoms with E-state index in [1.165, 1.54) is 0 Å². The lowest BCUT2D eigenvalue weighted by Gasteiger charge is -2.31. The van der Waals surface area contributed by atoms with Crippen molar-refractivity contribution in [1.29, 1.82) is 0 Å². The van der Waals surface area contributed by atoms with Gasteiger partial charge in [-0.25, -0.2) is 4.68 Å². The van der Waals surface area contributed by atoms with Gasteiger partial charge in [-0.1, -0.05) is 34.1 Å². The maximum atomic E-state index is 13.3. The van der Waals surface area contributed by atoms with Crippen LogP contribution < -0.4 is 5.32 Å². The van der Waals surface area contributed by atoms with Crippen LogP contribution in [0.5, 0.6) is 0 Å². The highest BCUT2D eigenvalue weighted by atomic mass is 79.9. The van der Waals surface area contributed by atoms with Crippen LogP contribution in [0.2, 0.25) is 0 Å². The molecule has 1 aliphatic rings. The number of rotatable bonds is 4. The highest BCUT2D eigenvalue weighted by molar-refractivity contribution is 9.10. The van der Waals surface area contributed by atoms with Crippen LogP contribution in [0.15, 0.2) is 59.1 Å². The first kappa shape index (κ1) is 21.3. The second-order valence-corrected chi connectivity index (χ2v) is 8.77. The van der Waals surface area contributed by atoms with Crippen molar-refractivity contribution < 1.29 is 9.59 Å². The molecule has 31 heavy (non-hydrogen) atoms. The highest BCUT2D eigenvalue weighted by Gasteiger charge is 2.30. The van der Waals surface area contributed by atoms with E-state index < -0.39 is 0 Å². The summed E-state index contributed by atoms with van der Waals surface area (Å²) in [7, 11) is 0. The fourth-order valence-corrected chi connectivity index (χ4v) is 4.32. The Bertz CT molecular complexity index is 1080. The number of carbonyl (C=O) groups is 2. The molecule has 0 saturated carbocycles. The van der Waals surface area contributed by atoms with Crippen molar-refractivity contribution >= 4 is 33.4 Å². The molecule has 1 fully saturated rings. The van der Waals surface area contributed by atoms with Crippen molar-refractivity contribution in [3.63, 3.8) is 0 Å². The fourth-order valence-electron chi connectivity index (χ4n) is 4.05. The summed E-state index contributed by atoms with van der Waals surface area (Å²) in [5.74, 6) is -0.0778. The lowest BCUT2D eigenvalue weighted by molar-refractivity contribution is -0.121. The standard InChI is InChI=1S/C24H25BrN4O2/c1-16-22(17(2)29(27-16)21-10-8-19(25)9-11-21)24(31)28-14-12-18(13-15-28)23(30)26-20-6-4-3-5-7-20/h3-11,18H,12-15H2,1-2H3,(H,26,30). The van der Waals surface area contributed by atoms with E-state index >= 15 is 0 Å². The summed E-state index contributed by atoms with van der Waals surface area (Å²) in [6.45, 7) is 4.92. The summed E-state index contributed by atoms with van der Waals surface area (Å²) >= 11 is 3.45. The largest absolute Gasteiger partial charge is 0.338 e. The van der Waals surface area contributed by atoms with Gasteiger partial charge in [-0.3, -0.25) is 9.59 Å². The number of anilines is 1. The molecule has 4 rings (SSSR count). The molecule has 1 saturated heterocycles. The molecule has 0 aliphatic carbocycles. The Morgan fingerprint density at radius 3 is 2.29 bits per heavy atom. The van der Waals surface area contributed by atoms with Crippen LogP contribution in [-0.4, -0.2) is 39.6 Å². The predicted molar refractivity (Wildman–Crippen MR) is 124 cm³/mol. The smallest absolute Gasteiger partial charge is 0.257 e. The Kier molecular flexibility index (Phi) is 6.23. The quantitative estimate of drug-likeness (QED) is 0.586. The Balaban J connectivity index is 1.43. The van der Waals surface area contributed by atoms with Crippen LogP contribution in [0, 0.1) is 19.8 Å². The van der Waals surface area contributed by atoms with Crippen molar-refractivity contribution in [1.82, 2.24) is 14.7 Å². The molecule has 0 spiro atoms. The van der Waals surface area contributed by atoms with Gasteiger partial charge in [0.1, 0.15) is 0 Å². The van der Waals surface area contributed by atoms with Gasteiger partial charge in [0.05, 0.1) is 22.6 Å². The number of aryl methyl sites for hydroxylation is 1. The first-order valence-corrected chi connectivity index (χ1v) is 11.2. The molecule has 0 bridgehead atoms. The van der Waals surface area contributed by atoms with E-state index in [1.54, 1.807) is 0 Å². The molecular formula is C24H25BrN4O2. The van der Waals surface area contributed by atoms with E-state index in [9.17, 15) is 9.59 Å². The number of hydrogen-bond donors (Lipinski definition) is 1.